The third-order valence-corrected chi connectivity index (χ3v) is 17.1. The number of amides is 6. The Morgan fingerprint density at radius 3 is 1.29 bits per heavy atom. The Morgan fingerprint density at radius 2 is 0.916 bits per heavy atom. The number of carbonyl (C=O) groups is 6. The first-order valence-corrected chi connectivity index (χ1v) is 29.2. The van der Waals surface area contributed by atoms with Crippen LogP contribution in [0, 0.1) is 17.3 Å². The van der Waals surface area contributed by atoms with Gasteiger partial charge in [-0.2, -0.15) is 0 Å². The highest BCUT2D eigenvalue weighted by Gasteiger charge is 2.64. The summed E-state index contributed by atoms with van der Waals surface area (Å²) in [4.78, 5) is 91.7. The Morgan fingerprint density at radius 1 is 0.530 bits per heavy atom. The summed E-state index contributed by atoms with van der Waals surface area (Å²) in [6, 6.07) is 41.7. The monoisotopic (exact) mass is 1160 g/mol. The molecule has 0 saturated carbocycles. The van der Waals surface area contributed by atoms with Crippen LogP contribution in [-0.2, 0) is 30.0 Å². The number of halogens is 2. The molecule has 6 amide bonds. The van der Waals surface area contributed by atoms with Gasteiger partial charge in [0.15, 0.2) is 0 Å². The number of rotatable bonds is 8. The summed E-state index contributed by atoms with van der Waals surface area (Å²) in [5, 5.41) is 0.744. The molecule has 2 fully saturated rings. The van der Waals surface area contributed by atoms with Gasteiger partial charge in [-0.1, -0.05) is 144 Å². The largest absolute Gasteiger partial charge is 0.444 e. The van der Waals surface area contributed by atoms with Gasteiger partial charge in [0.25, 0.3) is 11.8 Å². The first-order chi connectivity index (χ1) is 39.0. The second-order valence-electron chi connectivity index (χ2n) is 25.4. The molecule has 2 saturated heterocycles. The van der Waals surface area contributed by atoms with Crippen molar-refractivity contribution >= 4 is 81.6 Å². The summed E-state index contributed by atoms with van der Waals surface area (Å²) >= 11 is 13.1. The highest BCUT2D eigenvalue weighted by atomic mass is 35.5. The number of nitrogens with zero attached hydrogens (tertiary/aromatic N) is 6. The lowest BCUT2D eigenvalue weighted by Gasteiger charge is -2.39. The smallest absolute Gasteiger partial charge is 0.410 e. The lowest BCUT2D eigenvalue weighted by Crippen LogP contribution is -2.54. The average molecular weight is 1160 g/mol. The Labute approximate surface area is 499 Å². The van der Waals surface area contributed by atoms with E-state index in [1.54, 1.807) is 62.3 Å². The van der Waals surface area contributed by atoms with E-state index in [1.807, 2.05) is 154 Å². The quantitative estimate of drug-likeness (QED) is 0.148. The maximum atomic E-state index is 14.7. The van der Waals surface area contributed by atoms with Crippen LogP contribution >= 0.6 is 23.2 Å². The van der Waals surface area contributed by atoms with Crippen molar-refractivity contribution in [2.24, 2.45) is 17.3 Å². The number of hydrogen-bond donors (Lipinski definition) is 0. The molecule has 6 aromatic rings. The predicted molar refractivity (Wildman–Crippen MR) is 331 cm³/mol. The van der Waals surface area contributed by atoms with Crippen molar-refractivity contribution in [1.82, 2.24) is 19.6 Å². The number of fused-ring (bicyclic) bond motifs is 4. The Hall–Kier alpha value is -7.48. The number of para-hydroxylation sites is 2. The minimum absolute atomic E-state index is 0.00344. The lowest BCUT2D eigenvalue weighted by atomic mass is 9.71. The van der Waals surface area contributed by atoms with Gasteiger partial charge in [0.1, 0.15) is 5.60 Å². The van der Waals surface area contributed by atoms with Gasteiger partial charge in [-0.25, -0.2) is 4.79 Å². The van der Waals surface area contributed by atoms with Gasteiger partial charge >= 0.3 is 6.09 Å². The molecule has 0 unspecified atom stereocenters. The summed E-state index contributed by atoms with van der Waals surface area (Å²) < 4.78 is 5.78. The molecule has 4 atom stereocenters. The van der Waals surface area contributed by atoms with Crippen molar-refractivity contribution in [3.63, 3.8) is 0 Å². The van der Waals surface area contributed by atoms with Crippen LogP contribution in [0.3, 0.4) is 0 Å². The molecule has 15 heteroatoms. The minimum Gasteiger partial charge on any atom is -0.444 e. The van der Waals surface area contributed by atoms with Gasteiger partial charge in [0, 0.05) is 58.1 Å². The lowest BCUT2D eigenvalue weighted by molar-refractivity contribution is -0.142. The molecule has 6 aromatic carbocycles. The number of hydrogen-bond acceptors (Lipinski definition) is 7. The maximum absolute atomic E-state index is 14.7. The van der Waals surface area contributed by atoms with E-state index in [4.69, 9.17) is 27.9 Å². The van der Waals surface area contributed by atoms with Crippen molar-refractivity contribution < 1.29 is 33.5 Å². The van der Waals surface area contributed by atoms with E-state index in [-0.39, 0.29) is 53.5 Å². The van der Waals surface area contributed by atoms with Crippen molar-refractivity contribution in [3.8, 4) is 22.3 Å². The molecule has 4 aliphatic heterocycles. The average Bonchev–Trinajstić information content (AvgIpc) is 1.96. The topological polar surface area (TPSA) is 131 Å². The normalized spacial score (nSPS) is 20.1. The van der Waals surface area contributed by atoms with Crippen LogP contribution in [0.1, 0.15) is 114 Å². The first kappa shape index (κ1) is 60.1. The van der Waals surface area contributed by atoms with Gasteiger partial charge in [-0.3, -0.25) is 33.8 Å². The van der Waals surface area contributed by atoms with Gasteiger partial charge < -0.3 is 24.3 Å². The number of anilines is 4. The van der Waals surface area contributed by atoms with Gasteiger partial charge in [0.05, 0.1) is 55.5 Å². The van der Waals surface area contributed by atoms with Crippen LogP contribution in [0.5, 0.6) is 0 Å². The van der Waals surface area contributed by atoms with Crippen LogP contribution in [0.15, 0.2) is 133 Å². The SMILES string of the molecule is CC(C)[C@@H]1N(C(=O)C(C)(C)C)CC[C@@]12C(=O)N(c1cccc(-c3ccc(C(=O)N(C)C)c(Cl)c3)c1)c1ccccc12.CC(C)[C@@H]1N(C(=O)OC(C)(C)C)CC[C@@]12C(=O)N(c1cccc(-c3ccc(C(=O)N(C)C)c(Cl)c3)c1)c1ccccc12. The highest BCUT2D eigenvalue weighted by molar-refractivity contribution is 6.34. The molecule has 2 spiro atoms. The van der Waals surface area contributed by atoms with E-state index < -0.39 is 27.9 Å². The maximum Gasteiger partial charge on any atom is 0.410 e. The molecule has 13 nitrogen and oxygen atoms in total. The van der Waals surface area contributed by atoms with Crippen molar-refractivity contribution in [2.45, 2.75) is 111 Å². The second-order valence-corrected chi connectivity index (χ2v) is 26.3. The van der Waals surface area contributed by atoms with Crippen molar-refractivity contribution in [2.75, 3.05) is 51.1 Å². The number of benzene rings is 6. The zero-order valence-corrected chi connectivity index (χ0v) is 51.6. The molecule has 0 N–H and O–H groups in total. The van der Waals surface area contributed by atoms with Crippen molar-refractivity contribution in [1.29, 1.82) is 0 Å². The van der Waals surface area contributed by atoms with Crippen LogP contribution < -0.4 is 9.80 Å². The van der Waals surface area contributed by atoms with Gasteiger partial charge in [-0.05, 0) is 139 Å². The highest BCUT2D eigenvalue weighted by Crippen LogP contribution is 2.57. The van der Waals surface area contributed by atoms with E-state index in [2.05, 4.69) is 33.8 Å². The molecule has 0 bridgehead atoms. The predicted octanol–water partition coefficient (Wildman–Crippen LogP) is 14.2. The molecular formula is C68H76Cl2N6O7. The molecule has 434 valence electrons. The zero-order chi connectivity index (χ0) is 60.4. The summed E-state index contributed by atoms with van der Waals surface area (Å²) in [6.07, 6.45) is 0.704. The molecule has 83 heavy (non-hydrogen) atoms. The second kappa shape index (κ2) is 22.6. The third kappa shape index (κ3) is 10.7. The summed E-state index contributed by atoms with van der Waals surface area (Å²) in [6.45, 7) is 20.7. The van der Waals surface area contributed by atoms with Crippen LogP contribution in [0.4, 0.5) is 27.5 Å². The standard InChI is InChI=1S/C34H38ClN3O4.C34H38ClN3O3/c1-21(2)29-34(17-18-37(29)32(41)42-33(3,4)5)26-13-8-9-14-28(26)38(31(34)40)24-12-10-11-22(19-24)23-15-16-25(27(35)20-23)30(39)36(6)7;1-21(2)29-34(17-18-37(29)31(40)33(3,4)5)26-13-8-9-14-28(26)38(32(34)41)24-12-10-11-22(19-24)23-15-16-25(27(35)20-23)30(39)36(6)7/h8-16,19-21,29H,17-18H2,1-7H3;8-16,19-21,29H,17-18H2,1-7H3/t2*29-,34-/m00/s1. The number of ether oxygens (including phenoxy) is 1. The van der Waals surface area contributed by atoms with E-state index >= 15 is 0 Å². The first-order valence-electron chi connectivity index (χ1n) is 28.5. The number of likely N-dealkylation sites (tertiary alicyclic amines) is 2. The molecule has 0 aliphatic carbocycles. The van der Waals surface area contributed by atoms with E-state index in [0.717, 1.165) is 56.1 Å². The zero-order valence-electron chi connectivity index (χ0n) is 50.1. The van der Waals surface area contributed by atoms with Crippen LogP contribution in [0.2, 0.25) is 10.0 Å². The summed E-state index contributed by atoms with van der Waals surface area (Å²) in [5.74, 6) is -0.200. The fourth-order valence-corrected chi connectivity index (χ4v) is 13.6. The van der Waals surface area contributed by atoms with Crippen LogP contribution in [-0.4, -0.2) is 114 Å². The summed E-state index contributed by atoms with van der Waals surface area (Å²) in [5.41, 5.74) is 6.49. The van der Waals surface area contributed by atoms with E-state index in [1.165, 1.54) is 9.80 Å². The van der Waals surface area contributed by atoms with E-state index in [9.17, 15) is 28.8 Å². The fraction of sp³-hybridized carbons (Fsp3) is 0.382. The molecule has 0 aromatic heterocycles. The van der Waals surface area contributed by atoms with Crippen LogP contribution in [0.25, 0.3) is 22.3 Å². The summed E-state index contributed by atoms with van der Waals surface area (Å²) in [7, 11) is 6.77. The van der Waals surface area contributed by atoms with Gasteiger partial charge in [0.2, 0.25) is 17.7 Å². The Kier molecular flexibility index (Phi) is 16.4. The molecular weight excluding hydrogens is 1080 g/mol. The van der Waals surface area contributed by atoms with Crippen molar-refractivity contribution in [3.05, 3.63) is 166 Å². The Balaban J connectivity index is 0.000000200. The molecule has 0 radical (unpaired) electrons. The van der Waals surface area contributed by atoms with Gasteiger partial charge in [-0.15, -0.1) is 0 Å². The fourth-order valence-electron chi connectivity index (χ4n) is 13.1. The molecule has 4 heterocycles. The molecule has 10 rings (SSSR count). The third-order valence-electron chi connectivity index (χ3n) is 16.5. The van der Waals surface area contributed by atoms with E-state index in [0.29, 0.717) is 47.1 Å². The number of carbonyl (C=O) groups excluding carboxylic acids is 6. The minimum atomic E-state index is -0.894. The Bertz CT molecular complexity index is 3560. The molecule has 4 aliphatic rings.